The van der Waals surface area contributed by atoms with Gasteiger partial charge in [-0.2, -0.15) is 8.78 Å². The lowest BCUT2D eigenvalue weighted by Gasteiger charge is -2.20. The summed E-state index contributed by atoms with van der Waals surface area (Å²) in [7, 11) is 0. The molecule has 0 saturated heterocycles. The van der Waals surface area contributed by atoms with Crippen molar-refractivity contribution in [1.29, 1.82) is 0 Å². The van der Waals surface area contributed by atoms with Crippen molar-refractivity contribution in [3.05, 3.63) is 35.9 Å². The van der Waals surface area contributed by atoms with Crippen molar-refractivity contribution in [1.82, 2.24) is 5.32 Å². The number of hydrogen-bond acceptors (Lipinski definition) is 2. The fraction of sp³-hybridized carbons (Fsp3) is 0.600. The average molecular weight is 271 g/mol. The quantitative estimate of drug-likeness (QED) is 0.723. The van der Waals surface area contributed by atoms with E-state index in [2.05, 4.69) is 12.2 Å². The number of aliphatic hydroxyl groups excluding tert-OH is 1. The molecule has 1 aromatic rings. The number of aliphatic hydroxyl groups is 1. The third-order valence-corrected chi connectivity index (χ3v) is 3.21. The molecule has 108 valence electrons. The van der Waals surface area contributed by atoms with Crippen LogP contribution in [0.15, 0.2) is 30.3 Å². The molecule has 0 amide bonds. The lowest BCUT2D eigenvalue weighted by atomic mass is 10.00. The first kappa shape index (κ1) is 16.1. The van der Waals surface area contributed by atoms with Crippen molar-refractivity contribution in [2.24, 2.45) is 5.92 Å². The Labute approximate surface area is 113 Å². The number of benzene rings is 1. The Kier molecular flexibility index (Phi) is 6.95. The molecule has 1 atom stereocenters. The fourth-order valence-corrected chi connectivity index (χ4v) is 2.16. The van der Waals surface area contributed by atoms with E-state index in [-0.39, 0.29) is 24.6 Å². The van der Waals surface area contributed by atoms with Gasteiger partial charge >= 0.3 is 0 Å². The summed E-state index contributed by atoms with van der Waals surface area (Å²) in [6.07, 6.45) is 2.61. The second-order valence-electron chi connectivity index (χ2n) is 4.87. The standard InChI is InChI=1S/C15H23F2NO/c1-2-6-13(9-10-19)11-18-12-15(16,17)14-7-4-3-5-8-14/h3-5,7-8,13,18-19H,2,6,9-12H2,1H3. The average Bonchev–Trinajstić information content (AvgIpc) is 2.40. The Morgan fingerprint density at radius 1 is 1.21 bits per heavy atom. The van der Waals surface area contributed by atoms with Crippen LogP contribution in [-0.2, 0) is 5.92 Å². The SMILES string of the molecule is CCCC(CCO)CNCC(F)(F)c1ccccc1. The summed E-state index contributed by atoms with van der Waals surface area (Å²) in [5, 5.41) is 11.8. The minimum Gasteiger partial charge on any atom is -0.396 e. The zero-order valence-corrected chi connectivity index (χ0v) is 11.4. The second kappa shape index (κ2) is 8.23. The largest absolute Gasteiger partial charge is 0.396 e. The summed E-state index contributed by atoms with van der Waals surface area (Å²) in [6, 6.07) is 7.85. The van der Waals surface area contributed by atoms with E-state index in [9.17, 15) is 8.78 Å². The molecule has 0 fully saturated rings. The van der Waals surface area contributed by atoms with E-state index in [0.29, 0.717) is 13.0 Å². The number of alkyl halides is 2. The Hall–Kier alpha value is -1.00. The summed E-state index contributed by atoms with van der Waals surface area (Å²) in [5.41, 5.74) is 0.0386. The molecule has 0 aromatic heterocycles. The maximum absolute atomic E-state index is 13.9. The molecule has 1 aromatic carbocycles. The van der Waals surface area contributed by atoms with E-state index in [4.69, 9.17) is 5.11 Å². The molecular weight excluding hydrogens is 248 g/mol. The first-order valence-corrected chi connectivity index (χ1v) is 6.85. The van der Waals surface area contributed by atoms with E-state index in [1.807, 2.05) is 0 Å². The molecule has 0 saturated carbocycles. The lowest BCUT2D eigenvalue weighted by molar-refractivity contribution is -0.00406. The van der Waals surface area contributed by atoms with Crippen LogP contribution in [0.25, 0.3) is 0 Å². The topological polar surface area (TPSA) is 32.3 Å². The number of halogens is 2. The number of nitrogens with one attached hydrogen (secondary N) is 1. The van der Waals surface area contributed by atoms with Gasteiger partial charge in [-0.05, 0) is 25.3 Å². The number of rotatable bonds is 9. The van der Waals surface area contributed by atoms with E-state index >= 15 is 0 Å². The van der Waals surface area contributed by atoms with Gasteiger partial charge in [-0.25, -0.2) is 0 Å². The highest BCUT2D eigenvalue weighted by atomic mass is 19.3. The van der Waals surface area contributed by atoms with Gasteiger partial charge in [-0.3, -0.25) is 0 Å². The van der Waals surface area contributed by atoms with Crippen molar-refractivity contribution >= 4 is 0 Å². The van der Waals surface area contributed by atoms with Crippen LogP contribution in [0.1, 0.15) is 31.7 Å². The maximum Gasteiger partial charge on any atom is 0.285 e. The van der Waals surface area contributed by atoms with Crippen LogP contribution < -0.4 is 5.32 Å². The predicted molar refractivity (Wildman–Crippen MR) is 73.3 cm³/mol. The Bertz CT molecular complexity index is 337. The molecule has 2 nitrogen and oxygen atoms in total. The fourth-order valence-electron chi connectivity index (χ4n) is 2.16. The number of hydrogen-bond donors (Lipinski definition) is 2. The predicted octanol–water partition coefficient (Wildman–Crippen LogP) is 3.17. The van der Waals surface area contributed by atoms with Crippen LogP contribution in [0.5, 0.6) is 0 Å². The maximum atomic E-state index is 13.9. The van der Waals surface area contributed by atoms with Gasteiger partial charge in [-0.1, -0.05) is 43.7 Å². The van der Waals surface area contributed by atoms with Crippen LogP contribution in [0, 0.1) is 5.92 Å². The summed E-state index contributed by atoms with van der Waals surface area (Å²) in [6.45, 7) is 2.34. The zero-order chi connectivity index (χ0) is 14.1. The monoisotopic (exact) mass is 271 g/mol. The van der Waals surface area contributed by atoms with Gasteiger partial charge in [0.15, 0.2) is 0 Å². The van der Waals surface area contributed by atoms with Crippen LogP contribution in [-0.4, -0.2) is 24.8 Å². The van der Waals surface area contributed by atoms with Gasteiger partial charge < -0.3 is 10.4 Å². The third-order valence-electron chi connectivity index (χ3n) is 3.21. The molecule has 0 bridgehead atoms. The molecular formula is C15H23F2NO. The van der Waals surface area contributed by atoms with Crippen molar-refractivity contribution in [3.8, 4) is 0 Å². The molecule has 0 aliphatic carbocycles. The van der Waals surface area contributed by atoms with Gasteiger partial charge in [0.2, 0.25) is 0 Å². The molecule has 1 rings (SSSR count). The Morgan fingerprint density at radius 2 is 1.89 bits per heavy atom. The molecule has 0 aliphatic rings. The van der Waals surface area contributed by atoms with Crippen LogP contribution >= 0.6 is 0 Å². The Balaban J connectivity index is 2.42. The van der Waals surface area contributed by atoms with E-state index in [1.54, 1.807) is 18.2 Å². The van der Waals surface area contributed by atoms with Crippen LogP contribution in [0.2, 0.25) is 0 Å². The molecule has 0 radical (unpaired) electrons. The van der Waals surface area contributed by atoms with Crippen LogP contribution in [0.3, 0.4) is 0 Å². The normalized spacial score (nSPS) is 13.5. The second-order valence-corrected chi connectivity index (χ2v) is 4.87. The van der Waals surface area contributed by atoms with Gasteiger partial charge in [0, 0.05) is 12.2 Å². The van der Waals surface area contributed by atoms with Crippen LogP contribution in [0.4, 0.5) is 8.78 Å². The minimum absolute atomic E-state index is 0.0386. The molecule has 2 N–H and O–H groups in total. The summed E-state index contributed by atoms with van der Waals surface area (Å²) < 4.78 is 27.7. The molecule has 4 heteroatoms. The van der Waals surface area contributed by atoms with E-state index in [1.165, 1.54) is 12.1 Å². The van der Waals surface area contributed by atoms with Gasteiger partial charge in [0.25, 0.3) is 5.92 Å². The highest BCUT2D eigenvalue weighted by Gasteiger charge is 2.30. The highest BCUT2D eigenvalue weighted by Crippen LogP contribution is 2.26. The Morgan fingerprint density at radius 3 is 2.47 bits per heavy atom. The smallest absolute Gasteiger partial charge is 0.285 e. The van der Waals surface area contributed by atoms with Crippen molar-refractivity contribution < 1.29 is 13.9 Å². The van der Waals surface area contributed by atoms with E-state index < -0.39 is 5.92 Å². The van der Waals surface area contributed by atoms with Gasteiger partial charge in [0.1, 0.15) is 0 Å². The van der Waals surface area contributed by atoms with Crippen molar-refractivity contribution in [3.63, 3.8) is 0 Å². The van der Waals surface area contributed by atoms with Gasteiger partial charge in [0.05, 0.1) is 6.54 Å². The lowest BCUT2D eigenvalue weighted by Crippen LogP contribution is -2.34. The molecule has 0 aliphatic heterocycles. The van der Waals surface area contributed by atoms with Crippen molar-refractivity contribution in [2.45, 2.75) is 32.1 Å². The summed E-state index contributed by atoms with van der Waals surface area (Å²) in [4.78, 5) is 0. The first-order valence-electron chi connectivity index (χ1n) is 6.85. The molecule has 19 heavy (non-hydrogen) atoms. The van der Waals surface area contributed by atoms with E-state index in [0.717, 1.165) is 12.8 Å². The van der Waals surface area contributed by atoms with Crippen molar-refractivity contribution in [2.75, 3.05) is 19.7 Å². The molecule has 0 heterocycles. The zero-order valence-electron chi connectivity index (χ0n) is 11.4. The van der Waals surface area contributed by atoms with Gasteiger partial charge in [-0.15, -0.1) is 0 Å². The minimum atomic E-state index is -2.85. The highest BCUT2D eigenvalue weighted by molar-refractivity contribution is 5.20. The first-order chi connectivity index (χ1) is 9.10. The summed E-state index contributed by atoms with van der Waals surface area (Å²) >= 11 is 0. The molecule has 0 spiro atoms. The summed E-state index contributed by atoms with van der Waals surface area (Å²) in [5.74, 6) is -2.58. The third kappa shape index (κ3) is 5.66. The molecule has 1 unspecified atom stereocenters.